The lowest BCUT2D eigenvalue weighted by molar-refractivity contribution is -0.113. The van der Waals surface area contributed by atoms with Crippen LogP contribution in [0.5, 0.6) is 0 Å². The Kier molecular flexibility index (Phi) is 7.72. The third kappa shape index (κ3) is 6.38. The molecular weight excluding hydrogens is 416 g/mol. The molecule has 8 nitrogen and oxygen atoms in total. The van der Waals surface area contributed by atoms with E-state index in [1.54, 1.807) is 67.6 Å². The van der Waals surface area contributed by atoms with Crippen molar-refractivity contribution in [1.29, 1.82) is 0 Å². The normalized spacial score (nSPS) is 10.2. The van der Waals surface area contributed by atoms with E-state index in [4.69, 9.17) is 4.74 Å². The minimum atomic E-state index is -0.495. The Morgan fingerprint density at radius 1 is 0.903 bits per heavy atom. The van der Waals surface area contributed by atoms with Gasteiger partial charge in [0.25, 0.3) is 5.91 Å². The number of benzene rings is 2. The van der Waals surface area contributed by atoms with Crippen LogP contribution in [0.25, 0.3) is 0 Å². The summed E-state index contributed by atoms with van der Waals surface area (Å²) in [5.74, 6) is -0.697. The summed E-state index contributed by atoms with van der Waals surface area (Å²) in [4.78, 5) is 36.4. The molecule has 1 heterocycles. The summed E-state index contributed by atoms with van der Waals surface area (Å²) in [5, 5.41) is 13.9. The van der Waals surface area contributed by atoms with E-state index < -0.39 is 5.97 Å². The first-order chi connectivity index (χ1) is 15.1. The number of aromatic nitrogens is 2. The van der Waals surface area contributed by atoms with Gasteiger partial charge in [-0.1, -0.05) is 42.1 Å². The van der Waals surface area contributed by atoms with Gasteiger partial charge in [0.2, 0.25) is 5.91 Å². The zero-order valence-corrected chi connectivity index (χ0v) is 17.5. The molecule has 1 aromatic heterocycles. The summed E-state index contributed by atoms with van der Waals surface area (Å²) in [6.07, 6.45) is 0. The average Bonchev–Trinajstić information content (AvgIpc) is 2.79. The highest BCUT2D eigenvalue weighted by Crippen LogP contribution is 2.19. The van der Waals surface area contributed by atoms with Crippen LogP contribution in [0.15, 0.2) is 71.8 Å². The second-order valence-corrected chi connectivity index (χ2v) is 7.18. The molecule has 0 bridgehead atoms. The largest absolute Gasteiger partial charge is 0.462 e. The number of thioether (sulfide) groups is 1. The van der Waals surface area contributed by atoms with Crippen molar-refractivity contribution in [2.24, 2.45) is 0 Å². The van der Waals surface area contributed by atoms with Gasteiger partial charge in [-0.2, -0.15) is 0 Å². The average molecular weight is 436 g/mol. The molecule has 3 rings (SSSR count). The number of hydrogen-bond acceptors (Lipinski definition) is 7. The highest BCUT2D eigenvalue weighted by Gasteiger charge is 2.14. The Bertz CT molecular complexity index is 1060. The molecule has 0 saturated carbocycles. The van der Waals surface area contributed by atoms with E-state index in [1.807, 2.05) is 6.07 Å². The predicted octanol–water partition coefficient (Wildman–Crippen LogP) is 3.64. The van der Waals surface area contributed by atoms with Crippen molar-refractivity contribution < 1.29 is 19.1 Å². The highest BCUT2D eigenvalue weighted by atomic mass is 32.2. The Hall–Kier alpha value is -3.72. The molecule has 0 radical (unpaired) electrons. The zero-order valence-electron chi connectivity index (χ0n) is 16.7. The monoisotopic (exact) mass is 436 g/mol. The van der Waals surface area contributed by atoms with Crippen molar-refractivity contribution in [1.82, 2.24) is 10.2 Å². The molecule has 2 amide bonds. The Balaban J connectivity index is 1.53. The quantitative estimate of drug-likeness (QED) is 0.410. The van der Waals surface area contributed by atoms with E-state index >= 15 is 0 Å². The standard InChI is InChI=1S/C22H20N4O4S/c1-2-30-22(29)16-10-6-7-11-17(16)23-19(27)14-31-20-13-12-18(25-26-20)24-21(28)15-8-4-3-5-9-15/h3-13H,2,14H2,1H3,(H,23,27)(H,24,25,28). The maximum atomic E-state index is 12.3. The van der Waals surface area contributed by atoms with Crippen molar-refractivity contribution in [3.63, 3.8) is 0 Å². The van der Waals surface area contributed by atoms with Gasteiger partial charge < -0.3 is 15.4 Å². The number of esters is 1. The molecule has 3 aromatic rings. The fourth-order valence-electron chi connectivity index (χ4n) is 2.55. The maximum absolute atomic E-state index is 12.3. The van der Waals surface area contributed by atoms with E-state index in [9.17, 15) is 14.4 Å². The Morgan fingerprint density at radius 3 is 2.35 bits per heavy atom. The first kappa shape index (κ1) is 22.0. The molecule has 9 heteroatoms. The second-order valence-electron chi connectivity index (χ2n) is 6.18. The van der Waals surface area contributed by atoms with Gasteiger partial charge in [0.05, 0.1) is 23.6 Å². The Morgan fingerprint density at radius 2 is 1.65 bits per heavy atom. The maximum Gasteiger partial charge on any atom is 0.340 e. The molecule has 0 spiro atoms. The first-order valence-electron chi connectivity index (χ1n) is 9.45. The van der Waals surface area contributed by atoms with Crippen LogP contribution in [0.1, 0.15) is 27.6 Å². The van der Waals surface area contributed by atoms with Crippen molar-refractivity contribution in [2.45, 2.75) is 11.9 Å². The van der Waals surface area contributed by atoms with Crippen LogP contribution in [0.4, 0.5) is 11.5 Å². The molecule has 0 unspecified atom stereocenters. The molecular formula is C22H20N4O4S. The lowest BCUT2D eigenvalue weighted by Gasteiger charge is -2.10. The van der Waals surface area contributed by atoms with Crippen LogP contribution >= 0.6 is 11.8 Å². The number of ether oxygens (including phenoxy) is 1. The molecule has 0 saturated heterocycles. The van der Waals surface area contributed by atoms with Gasteiger partial charge in [-0.05, 0) is 43.3 Å². The second kappa shape index (κ2) is 10.9. The summed E-state index contributed by atoms with van der Waals surface area (Å²) in [7, 11) is 0. The van der Waals surface area contributed by atoms with Gasteiger partial charge in [-0.15, -0.1) is 10.2 Å². The molecule has 0 fully saturated rings. The number of nitrogens with zero attached hydrogens (tertiary/aromatic N) is 2. The van der Waals surface area contributed by atoms with E-state index in [-0.39, 0.29) is 24.2 Å². The topological polar surface area (TPSA) is 110 Å². The molecule has 158 valence electrons. The smallest absolute Gasteiger partial charge is 0.340 e. The van der Waals surface area contributed by atoms with Crippen molar-refractivity contribution in [2.75, 3.05) is 23.0 Å². The third-order valence-corrected chi connectivity index (χ3v) is 4.89. The number of carbonyl (C=O) groups excluding carboxylic acids is 3. The van der Waals surface area contributed by atoms with Gasteiger partial charge in [0.15, 0.2) is 5.82 Å². The van der Waals surface area contributed by atoms with E-state index in [0.717, 1.165) is 0 Å². The summed E-state index contributed by atoms with van der Waals surface area (Å²) in [5.41, 5.74) is 1.19. The van der Waals surface area contributed by atoms with Crippen LogP contribution in [0.3, 0.4) is 0 Å². The third-order valence-electron chi connectivity index (χ3n) is 3.97. The summed E-state index contributed by atoms with van der Waals surface area (Å²) in [6, 6.07) is 18.7. The van der Waals surface area contributed by atoms with Gasteiger partial charge in [-0.3, -0.25) is 9.59 Å². The summed E-state index contributed by atoms with van der Waals surface area (Å²) in [6.45, 7) is 1.96. The lowest BCUT2D eigenvalue weighted by atomic mass is 10.2. The summed E-state index contributed by atoms with van der Waals surface area (Å²) < 4.78 is 5.00. The van der Waals surface area contributed by atoms with Crippen molar-refractivity contribution >= 4 is 41.1 Å². The number of amides is 2. The number of carbonyl (C=O) groups is 3. The molecule has 0 aliphatic heterocycles. The summed E-state index contributed by atoms with van der Waals surface area (Å²) >= 11 is 1.18. The fraction of sp³-hybridized carbons (Fsp3) is 0.136. The van der Waals surface area contributed by atoms with Crippen molar-refractivity contribution in [3.8, 4) is 0 Å². The van der Waals surface area contributed by atoms with Crippen LogP contribution in [0, 0.1) is 0 Å². The van der Waals surface area contributed by atoms with E-state index in [1.165, 1.54) is 11.8 Å². The van der Waals surface area contributed by atoms with E-state index in [2.05, 4.69) is 20.8 Å². The van der Waals surface area contributed by atoms with Crippen LogP contribution in [0.2, 0.25) is 0 Å². The van der Waals surface area contributed by atoms with E-state index in [0.29, 0.717) is 27.7 Å². The molecule has 0 aliphatic rings. The molecule has 2 aromatic carbocycles. The Labute approximate surface area is 183 Å². The molecule has 0 atom stereocenters. The zero-order chi connectivity index (χ0) is 22.1. The minimum Gasteiger partial charge on any atom is -0.462 e. The fourth-order valence-corrected chi connectivity index (χ4v) is 3.16. The lowest BCUT2D eigenvalue weighted by Crippen LogP contribution is -2.17. The highest BCUT2D eigenvalue weighted by molar-refractivity contribution is 7.99. The van der Waals surface area contributed by atoms with Crippen LogP contribution in [-0.2, 0) is 9.53 Å². The number of nitrogens with one attached hydrogen (secondary N) is 2. The first-order valence-corrected chi connectivity index (χ1v) is 10.4. The van der Waals surface area contributed by atoms with Gasteiger partial charge in [-0.25, -0.2) is 4.79 Å². The molecule has 2 N–H and O–H groups in total. The van der Waals surface area contributed by atoms with Crippen LogP contribution in [-0.4, -0.2) is 40.3 Å². The van der Waals surface area contributed by atoms with Gasteiger partial charge >= 0.3 is 5.97 Å². The minimum absolute atomic E-state index is 0.0710. The SMILES string of the molecule is CCOC(=O)c1ccccc1NC(=O)CSc1ccc(NC(=O)c2ccccc2)nn1. The number of hydrogen-bond donors (Lipinski definition) is 2. The van der Waals surface area contributed by atoms with Crippen molar-refractivity contribution in [3.05, 3.63) is 77.9 Å². The predicted molar refractivity (Wildman–Crippen MR) is 118 cm³/mol. The van der Waals surface area contributed by atoms with Gasteiger partial charge in [0, 0.05) is 5.56 Å². The van der Waals surface area contributed by atoms with Gasteiger partial charge in [0.1, 0.15) is 5.03 Å². The number of anilines is 2. The number of para-hydroxylation sites is 1. The number of rotatable bonds is 8. The van der Waals surface area contributed by atoms with Crippen LogP contribution < -0.4 is 10.6 Å². The molecule has 0 aliphatic carbocycles. The molecule has 31 heavy (non-hydrogen) atoms.